The Bertz CT molecular complexity index is 231. The fourth-order valence-electron chi connectivity index (χ4n) is 2.47. The molecule has 0 radical (unpaired) electrons. The van der Waals surface area contributed by atoms with Crippen LogP contribution in [0.3, 0.4) is 0 Å². The van der Waals surface area contributed by atoms with Crippen LogP contribution in [0.15, 0.2) is 0 Å². The second-order valence-corrected chi connectivity index (χ2v) is 4.91. The molecule has 0 aromatic rings. The van der Waals surface area contributed by atoms with Gasteiger partial charge in [-0.25, -0.2) is 0 Å². The summed E-state index contributed by atoms with van der Waals surface area (Å²) >= 11 is 0. The summed E-state index contributed by atoms with van der Waals surface area (Å²) in [4.78, 5) is 2.58. The number of terminal acetylenes is 1. The van der Waals surface area contributed by atoms with Crippen LogP contribution in [0, 0.1) is 18.3 Å². The minimum absolute atomic E-state index is 0.582. The first-order valence-electron chi connectivity index (χ1n) is 6.63. The molecule has 0 aromatic carbocycles. The van der Waals surface area contributed by atoms with Gasteiger partial charge in [0.05, 0.1) is 0 Å². The van der Waals surface area contributed by atoms with E-state index in [9.17, 15) is 0 Å². The zero-order chi connectivity index (χ0) is 12.0. The molecule has 0 saturated carbocycles. The van der Waals surface area contributed by atoms with Crippen molar-refractivity contribution in [1.29, 1.82) is 0 Å². The van der Waals surface area contributed by atoms with Gasteiger partial charge in [-0.2, -0.15) is 0 Å². The Hall–Kier alpha value is -0.520. The van der Waals surface area contributed by atoms with Gasteiger partial charge in [0.2, 0.25) is 0 Å². The average molecular weight is 222 g/mol. The Balaban J connectivity index is 2.52. The minimum atomic E-state index is 0.582. The van der Waals surface area contributed by atoms with Gasteiger partial charge in [-0.3, -0.25) is 4.90 Å². The summed E-state index contributed by atoms with van der Waals surface area (Å²) in [7, 11) is 0. The maximum atomic E-state index is 5.44. The summed E-state index contributed by atoms with van der Waals surface area (Å²) < 4.78 is 0. The third-order valence-electron chi connectivity index (χ3n) is 3.91. The fraction of sp³-hybridized carbons (Fsp3) is 0.857. The van der Waals surface area contributed by atoms with Crippen molar-refractivity contribution in [2.24, 2.45) is 5.92 Å². The smallest absolute Gasteiger partial charge is 0.0242 e. The highest BCUT2D eigenvalue weighted by Gasteiger charge is 2.26. The Morgan fingerprint density at radius 3 is 2.75 bits per heavy atom. The second-order valence-electron chi connectivity index (χ2n) is 4.91. The number of hydrogen-bond acceptors (Lipinski definition) is 2. The van der Waals surface area contributed by atoms with Crippen molar-refractivity contribution in [3.8, 4) is 12.3 Å². The Kier molecular flexibility index (Phi) is 5.87. The van der Waals surface area contributed by atoms with Crippen molar-refractivity contribution >= 4 is 0 Å². The summed E-state index contributed by atoms with van der Waals surface area (Å²) in [5.74, 6) is 3.57. The molecule has 3 unspecified atom stereocenters. The van der Waals surface area contributed by atoms with Gasteiger partial charge in [0.25, 0.3) is 0 Å². The van der Waals surface area contributed by atoms with Crippen LogP contribution >= 0.6 is 0 Å². The molecule has 1 heterocycles. The van der Waals surface area contributed by atoms with E-state index in [1.165, 1.54) is 6.42 Å². The molecule has 2 nitrogen and oxygen atoms in total. The van der Waals surface area contributed by atoms with Crippen molar-refractivity contribution in [2.45, 2.75) is 52.1 Å². The van der Waals surface area contributed by atoms with Crippen molar-refractivity contribution < 1.29 is 0 Å². The second kappa shape index (κ2) is 6.93. The molecule has 1 aliphatic heterocycles. The predicted octanol–water partition coefficient (Wildman–Crippen LogP) is 2.11. The van der Waals surface area contributed by atoms with E-state index in [1.807, 2.05) is 0 Å². The van der Waals surface area contributed by atoms with E-state index < -0.39 is 0 Å². The van der Waals surface area contributed by atoms with Gasteiger partial charge in [-0.15, -0.1) is 12.3 Å². The standard InChI is InChI=1S/C14H26N2/c1-5-8-13(7-3)16-10-9-15-14(11-16)12(4)6-2/h1,12-15H,6-11H2,2-4H3. The molecular formula is C14H26N2. The topological polar surface area (TPSA) is 15.3 Å². The van der Waals surface area contributed by atoms with Gasteiger partial charge in [-0.1, -0.05) is 27.2 Å². The van der Waals surface area contributed by atoms with Crippen LogP contribution < -0.4 is 5.32 Å². The van der Waals surface area contributed by atoms with Gasteiger partial charge >= 0.3 is 0 Å². The lowest BCUT2D eigenvalue weighted by atomic mass is 9.96. The third kappa shape index (κ3) is 3.50. The van der Waals surface area contributed by atoms with Crippen LogP contribution in [0.1, 0.15) is 40.0 Å². The molecule has 1 fully saturated rings. The molecule has 2 heteroatoms. The molecular weight excluding hydrogens is 196 g/mol. The molecule has 1 saturated heterocycles. The number of piperazine rings is 1. The molecule has 92 valence electrons. The normalized spacial score (nSPS) is 26.0. The Morgan fingerprint density at radius 1 is 1.44 bits per heavy atom. The summed E-state index contributed by atoms with van der Waals surface area (Å²) in [6.45, 7) is 10.3. The lowest BCUT2D eigenvalue weighted by Gasteiger charge is -2.40. The van der Waals surface area contributed by atoms with Crippen molar-refractivity contribution in [3.05, 3.63) is 0 Å². The molecule has 16 heavy (non-hydrogen) atoms. The highest BCUT2D eigenvalue weighted by Crippen LogP contribution is 2.16. The van der Waals surface area contributed by atoms with Crippen molar-refractivity contribution in [1.82, 2.24) is 10.2 Å². The number of hydrogen-bond donors (Lipinski definition) is 1. The molecule has 0 aromatic heterocycles. The van der Waals surface area contributed by atoms with E-state index in [-0.39, 0.29) is 0 Å². The monoisotopic (exact) mass is 222 g/mol. The SMILES string of the molecule is C#CCC(CC)N1CCNC(C(C)CC)C1. The molecule has 0 aliphatic carbocycles. The highest BCUT2D eigenvalue weighted by molar-refractivity contribution is 4.93. The largest absolute Gasteiger partial charge is 0.311 e. The predicted molar refractivity (Wildman–Crippen MR) is 70.3 cm³/mol. The summed E-state index contributed by atoms with van der Waals surface area (Å²) in [5.41, 5.74) is 0. The summed E-state index contributed by atoms with van der Waals surface area (Å²) in [5, 5.41) is 3.63. The molecule has 1 aliphatic rings. The first-order valence-corrected chi connectivity index (χ1v) is 6.63. The van der Waals surface area contributed by atoms with Crippen LogP contribution in [-0.2, 0) is 0 Å². The van der Waals surface area contributed by atoms with E-state index in [0.29, 0.717) is 12.1 Å². The van der Waals surface area contributed by atoms with Crippen LogP contribution in [0.4, 0.5) is 0 Å². The minimum Gasteiger partial charge on any atom is -0.311 e. The summed E-state index contributed by atoms with van der Waals surface area (Å²) in [6, 6.07) is 1.23. The zero-order valence-corrected chi connectivity index (χ0v) is 11.0. The number of rotatable bonds is 5. The van der Waals surface area contributed by atoms with Gasteiger partial charge in [0.15, 0.2) is 0 Å². The van der Waals surface area contributed by atoms with Gasteiger partial charge < -0.3 is 5.32 Å². The molecule has 0 amide bonds. The Morgan fingerprint density at radius 2 is 2.19 bits per heavy atom. The Labute approximate surface area is 101 Å². The maximum absolute atomic E-state index is 5.44. The van der Waals surface area contributed by atoms with E-state index in [0.717, 1.165) is 38.4 Å². The lowest BCUT2D eigenvalue weighted by molar-refractivity contribution is 0.121. The molecule has 1 rings (SSSR count). The fourth-order valence-corrected chi connectivity index (χ4v) is 2.47. The quantitative estimate of drug-likeness (QED) is 0.717. The summed E-state index contributed by atoms with van der Waals surface area (Å²) in [6.07, 6.45) is 8.74. The van der Waals surface area contributed by atoms with Gasteiger partial charge in [0, 0.05) is 38.1 Å². The van der Waals surface area contributed by atoms with Crippen LogP contribution in [0.5, 0.6) is 0 Å². The maximum Gasteiger partial charge on any atom is 0.0242 e. The zero-order valence-electron chi connectivity index (χ0n) is 11.0. The van der Waals surface area contributed by atoms with Crippen LogP contribution in [0.2, 0.25) is 0 Å². The third-order valence-corrected chi connectivity index (χ3v) is 3.91. The number of nitrogens with one attached hydrogen (secondary N) is 1. The first kappa shape index (κ1) is 13.5. The van der Waals surface area contributed by atoms with Crippen molar-refractivity contribution in [3.63, 3.8) is 0 Å². The van der Waals surface area contributed by atoms with E-state index in [4.69, 9.17) is 6.42 Å². The molecule has 0 spiro atoms. The van der Waals surface area contributed by atoms with E-state index in [2.05, 4.69) is 36.9 Å². The molecule has 0 bridgehead atoms. The highest BCUT2D eigenvalue weighted by atomic mass is 15.2. The number of nitrogens with zero attached hydrogens (tertiary/aromatic N) is 1. The van der Waals surface area contributed by atoms with Crippen molar-refractivity contribution in [2.75, 3.05) is 19.6 Å². The van der Waals surface area contributed by atoms with Crippen LogP contribution in [-0.4, -0.2) is 36.6 Å². The lowest BCUT2D eigenvalue weighted by Crippen LogP contribution is -2.55. The van der Waals surface area contributed by atoms with Gasteiger partial charge in [-0.05, 0) is 12.3 Å². The molecule has 3 atom stereocenters. The van der Waals surface area contributed by atoms with Gasteiger partial charge in [0.1, 0.15) is 0 Å². The van der Waals surface area contributed by atoms with E-state index in [1.54, 1.807) is 0 Å². The van der Waals surface area contributed by atoms with Crippen LogP contribution in [0.25, 0.3) is 0 Å². The average Bonchev–Trinajstić information content (AvgIpc) is 2.35. The van der Waals surface area contributed by atoms with E-state index >= 15 is 0 Å². The molecule has 1 N–H and O–H groups in total. The first-order chi connectivity index (χ1) is 7.72.